The third kappa shape index (κ3) is 4.51. The van der Waals surface area contributed by atoms with E-state index in [4.69, 9.17) is 16.3 Å². The lowest BCUT2D eigenvalue weighted by molar-refractivity contribution is 0.339. The van der Waals surface area contributed by atoms with Crippen LogP contribution in [0.1, 0.15) is 23.1 Å². The summed E-state index contributed by atoms with van der Waals surface area (Å²) in [6.07, 6.45) is 2.13. The van der Waals surface area contributed by atoms with Gasteiger partial charge in [-0.05, 0) is 63.0 Å². The first-order valence-electron chi connectivity index (χ1n) is 6.47. The quantitative estimate of drug-likeness (QED) is 0.704. The third-order valence-corrected chi connectivity index (χ3v) is 3.56. The molecule has 0 radical (unpaired) electrons. The number of benzene rings is 1. The minimum atomic E-state index is 0.741. The van der Waals surface area contributed by atoms with Crippen LogP contribution in [0.15, 0.2) is 12.1 Å². The molecule has 1 aromatic rings. The zero-order valence-corrected chi connectivity index (χ0v) is 12.7. The van der Waals surface area contributed by atoms with Crippen molar-refractivity contribution < 1.29 is 4.74 Å². The van der Waals surface area contributed by atoms with E-state index in [9.17, 15) is 0 Å². The average molecular weight is 270 g/mol. The maximum atomic E-state index is 5.70. The highest BCUT2D eigenvalue weighted by atomic mass is 35.5. The van der Waals surface area contributed by atoms with Crippen LogP contribution < -0.4 is 4.74 Å². The summed E-state index contributed by atoms with van der Waals surface area (Å²) < 4.78 is 5.33. The number of hydrogen-bond donors (Lipinski definition) is 0. The summed E-state index contributed by atoms with van der Waals surface area (Å²) >= 11 is 5.70. The van der Waals surface area contributed by atoms with Crippen LogP contribution in [0.25, 0.3) is 0 Å². The van der Waals surface area contributed by atoms with Crippen molar-refractivity contribution in [2.75, 3.05) is 33.1 Å². The first-order chi connectivity index (χ1) is 8.58. The molecule has 1 aromatic carbocycles. The average Bonchev–Trinajstić information content (AvgIpc) is 2.36. The molecule has 0 amide bonds. The molecule has 0 aliphatic rings. The highest BCUT2D eigenvalue weighted by Gasteiger charge is 2.06. The predicted octanol–water partition coefficient (Wildman–Crippen LogP) is 3.42. The molecule has 0 aliphatic heterocycles. The number of aryl methyl sites for hydroxylation is 2. The van der Waals surface area contributed by atoms with Gasteiger partial charge >= 0.3 is 0 Å². The van der Waals surface area contributed by atoms with Crippen LogP contribution in [0.3, 0.4) is 0 Å². The Morgan fingerprint density at radius 2 is 1.89 bits per heavy atom. The molecule has 0 unspecified atom stereocenters. The minimum Gasteiger partial charge on any atom is -0.496 e. The van der Waals surface area contributed by atoms with E-state index >= 15 is 0 Å². The second kappa shape index (κ2) is 7.65. The number of alkyl halides is 1. The summed E-state index contributed by atoms with van der Waals surface area (Å²) in [7, 11) is 3.87. The molecule has 2 nitrogen and oxygen atoms in total. The molecular weight excluding hydrogens is 246 g/mol. The molecule has 0 saturated heterocycles. The van der Waals surface area contributed by atoms with Crippen molar-refractivity contribution >= 4 is 11.6 Å². The first kappa shape index (κ1) is 15.3. The van der Waals surface area contributed by atoms with E-state index in [1.807, 2.05) is 0 Å². The van der Waals surface area contributed by atoms with E-state index in [1.54, 1.807) is 7.11 Å². The van der Waals surface area contributed by atoms with Crippen LogP contribution in [0.2, 0.25) is 0 Å². The molecule has 18 heavy (non-hydrogen) atoms. The van der Waals surface area contributed by atoms with E-state index < -0.39 is 0 Å². The molecule has 0 aliphatic carbocycles. The Labute approximate surface area is 116 Å². The lowest BCUT2D eigenvalue weighted by Gasteiger charge is -2.17. The van der Waals surface area contributed by atoms with Gasteiger partial charge in [0.2, 0.25) is 0 Å². The fraction of sp³-hybridized carbons (Fsp3) is 0.600. The summed E-state index contributed by atoms with van der Waals surface area (Å²) in [5.41, 5.74) is 3.93. The fourth-order valence-electron chi connectivity index (χ4n) is 2.09. The number of halogens is 1. The number of hydrogen-bond acceptors (Lipinski definition) is 2. The minimum absolute atomic E-state index is 0.741. The highest BCUT2D eigenvalue weighted by molar-refractivity contribution is 6.17. The van der Waals surface area contributed by atoms with Gasteiger partial charge in [0.05, 0.1) is 7.11 Å². The second-order valence-corrected chi connectivity index (χ2v) is 5.22. The Morgan fingerprint density at radius 3 is 2.50 bits per heavy atom. The summed E-state index contributed by atoms with van der Waals surface area (Å²) in [6.45, 7) is 6.39. The maximum Gasteiger partial charge on any atom is 0.122 e. The van der Waals surface area contributed by atoms with Crippen LogP contribution in [0.4, 0.5) is 0 Å². The summed E-state index contributed by atoms with van der Waals surface area (Å²) in [5.74, 6) is 1.72. The topological polar surface area (TPSA) is 12.5 Å². The van der Waals surface area contributed by atoms with E-state index in [-0.39, 0.29) is 0 Å². The van der Waals surface area contributed by atoms with Gasteiger partial charge in [0, 0.05) is 12.4 Å². The molecule has 0 bridgehead atoms. The Bertz CT molecular complexity index is 379. The molecule has 3 heteroatoms. The van der Waals surface area contributed by atoms with Crippen molar-refractivity contribution in [1.82, 2.24) is 4.90 Å². The summed E-state index contributed by atoms with van der Waals surface area (Å²) in [4.78, 5) is 2.33. The van der Waals surface area contributed by atoms with Gasteiger partial charge in [-0.15, -0.1) is 11.6 Å². The van der Waals surface area contributed by atoms with Crippen molar-refractivity contribution in [2.24, 2.45) is 0 Å². The highest BCUT2D eigenvalue weighted by Crippen LogP contribution is 2.22. The molecule has 0 fully saturated rings. The first-order valence-corrected chi connectivity index (χ1v) is 7.00. The van der Waals surface area contributed by atoms with Crippen molar-refractivity contribution in [3.8, 4) is 5.75 Å². The molecule has 1 rings (SSSR count). The Hall–Kier alpha value is -0.730. The SMILES string of the molecule is COc1cc(C)c(CCN(C)CCCCl)cc1C. The molecule has 0 N–H and O–H groups in total. The standard InChI is InChI=1S/C15H24ClNO/c1-12-11-15(18-4)13(2)10-14(12)6-9-17(3)8-5-7-16/h10-11H,5-9H2,1-4H3. The van der Waals surface area contributed by atoms with Crippen LogP contribution in [0, 0.1) is 13.8 Å². The molecule has 0 spiro atoms. The number of nitrogens with zero attached hydrogens (tertiary/aromatic N) is 1. The van der Waals surface area contributed by atoms with E-state index in [2.05, 4.69) is 37.9 Å². The largest absolute Gasteiger partial charge is 0.496 e. The van der Waals surface area contributed by atoms with Crippen LogP contribution >= 0.6 is 11.6 Å². The fourth-order valence-corrected chi connectivity index (χ4v) is 2.21. The Balaban J connectivity index is 2.59. The van der Waals surface area contributed by atoms with Crippen molar-refractivity contribution in [1.29, 1.82) is 0 Å². The number of ether oxygens (including phenoxy) is 1. The molecule has 0 heterocycles. The van der Waals surface area contributed by atoms with Crippen molar-refractivity contribution in [3.05, 3.63) is 28.8 Å². The van der Waals surface area contributed by atoms with Gasteiger partial charge in [0.15, 0.2) is 0 Å². The van der Waals surface area contributed by atoms with Crippen LogP contribution in [-0.2, 0) is 6.42 Å². The number of methoxy groups -OCH3 is 1. The molecule has 0 atom stereocenters. The van der Waals surface area contributed by atoms with E-state index in [1.165, 1.54) is 16.7 Å². The van der Waals surface area contributed by atoms with Gasteiger partial charge in [-0.25, -0.2) is 0 Å². The third-order valence-electron chi connectivity index (χ3n) is 3.29. The zero-order valence-electron chi connectivity index (χ0n) is 11.9. The van der Waals surface area contributed by atoms with Gasteiger partial charge in [-0.2, -0.15) is 0 Å². The maximum absolute atomic E-state index is 5.70. The van der Waals surface area contributed by atoms with Gasteiger partial charge < -0.3 is 9.64 Å². The van der Waals surface area contributed by atoms with Gasteiger partial charge in [0.1, 0.15) is 5.75 Å². The molecule has 102 valence electrons. The molecule has 0 saturated carbocycles. The van der Waals surface area contributed by atoms with E-state index in [0.29, 0.717) is 0 Å². The van der Waals surface area contributed by atoms with Crippen molar-refractivity contribution in [3.63, 3.8) is 0 Å². The van der Waals surface area contributed by atoms with Gasteiger partial charge in [-0.3, -0.25) is 0 Å². The number of likely N-dealkylation sites (N-methyl/N-ethyl adjacent to an activating group) is 1. The summed E-state index contributed by atoms with van der Waals surface area (Å²) in [5, 5.41) is 0. The van der Waals surface area contributed by atoms with Crippen LogP contribution in [0.5, 0.6) is 5.75 Å². The van der Waals surface area contributed by atoms with Gasteiger partial charge in [0.25, 0.3) is 0 Å². The molecule has 0 aromatic heterocycles. The summed E-state index contributed by atoms with van der Waals surface area (Å²) in [6, 6.07) is 4.37. The zero-order chi connectivity index (χ0) is 13.5. The second-order valence-electron chi connectivity index (χ2n) is 4.84. The van der Waals surface area contributed by atoms with E-state index in [0.717, 1.165) is 37.6 Å². The Kier molecular flexibility index (Phi) is 6.51. The lowest BCUT2D eigenvalue weighted by Crippen LogP contribution is -2.23. The smallest absolute Gasteiger partial charge is 0.122 e. The van der Waals surface area contributed by atoms with Crippen LogP contribution in [-0.4, -0.2) is 38.0 Å². The van der Waals surface area contributed by atoms with Crippen molar-refractivity contribution in [2.45, 2.75) is 26.7 Å². The normalized spacial score (nSPS) is 11.0. The number of rotatable bonds is 7. The Morgan fingerprint density at radius 1 is 1.17 bits per heavy atom. The van der Waals surface area contributed by atoms with Gasteiger partial charge in [-0.1, -0.05) is 6.07 Å². The monoisotopic (exact) mass is 269 g/mol. The molecular formula is C15H24ClNO. The lowest BCUT2D eigenvalue weighted by atomic mass is 10.0. The predicted molar refractivity (Wildman–Crippen MR) is 79.0 cm³/mol.